The predicted octanol–water partition coefficient (Wildman–Crippen LogP) is 2.37. The van der Waals surface area contributed by atoms with Gasteiger partial charge in [0.15, 0.2) is 0 Å². The van der Waals surface area contributed by atoms with E-state index >= 15 is 0 Å². The Kier molecular flexibility index (Phi) is 6.36. The van der Waals surface area contributed by atoms with Crippen molar-refractivity contribution >= 4 is 33.8 Å². The third kappa shape index (κ3) is 4.39. The van der Waals surface area contributed by atoms with Gasteiger partial charge in [0.2, 0.25) is 0 Å². The summed E-state index contributed by atoms with van der Waals surface area (Å²) in [5.41, 5.74) is 0.483. The molecule has 0 radical (unpaired) electrons. The highest BCUT2D eigenvalue weighted by Crippen LogP contribution is 2.25. The molecule has 0 unspecified atom stereocenters. The molecule has 102 valence electrons. The lowest BCUT2D eigenvalue weighted by Crippen LogP contribution is -2.09. The molecular formula is C9H11ClO6S2. The SMILES string of the molecule is Cc1cc(SOOO)ccc1S(=O)(=O)OCCCl. The first kappa shape index (κ1) is 15.7. The van der Waals surface area contributed by atoms with Crippen LogP contribution in [0.1, 0.15) is 5.56 Å². The Hall–Kier alpha value is -0.350. The van der Waals surface area contributed by atoms with Gasteiger partial charge in [-0.2, -0.15) is 8.42 Å². The molecule has 0 heterocycles. The maximum Gasteiger partial charge on any atom is 0.297 e. The molecule has 0 saturated carbocycles. The summed E-state index contributed by atoms with van der Waals surface area (Å²) in [5, 5.41) is 11.4. The van der Waals surface area contributed by atoms with Crippen LogP contribution in [0.2, 0.25) is 0 Å². The summed E-state index contributed by atoms with van der Waals surface area (Å²) in [4.78, 5) is 0.625. The standard InChI is InChI=1S/C9H11ClO6S2/c1-7-6-8(17-16-15-11)2-3-9(7)18(12,13)14-5-4-10/h2-3,6,11H,4-5H2,1H3. The molecule has 0 aliphatic carbocycles. The van der Waals surface area contributed by atoms with Crippen molar-refractivity contribution in [1.29, 1.82) is 0 Å². The van der Waals surface area contributed by atoms with Gasteiger partial charge in [0.05, 0.1) is 23.5 Å². The number of rotatable bonds is 7. The second-order valence-electron chi connectivity index (χ2n) is 3.12. The number of halogens is 1. The second kappa shape index (κ2) is 7.29. The van der Waals surface area contributed by atoms with Crippen LogP contribution in [0, 0.1) is 6.92 Å². The van der Waals surface area contributed by atoms with Gasteiger partial charge in [-0.1, -0.05) is 5.04 Å². The van der Waals surface area contributed by atoms with Crippen molar-refractivity contribution in [3.63, 3.8) is 0 Å². The van der Waals surface area contributed by atoms with Crippen LogP contribution in [0.5, 0.6) is 0 Å². The lowest BCUT2D eigenvalue weighted by molar-refractivity contribution is -0.432. The fourth-order valence-corrected chi connectivity index (χ4v) is 2.96. The van der Waals surface area contributed by atoms with Crippen molar-refractivity contribution in [3.05, 3.63) is 23.8 Å². The van der Waals surface area contributed by atoms with Crippen molar-refractivity contribution < 1.29 is 27.2 Å². The summed E-state index contributed by atoms with van der Waals surface area (Å²) in [7, 11) is -3.81. The van der Waals surface area contributed by atoms with Crippen LogP contribution in [0.4, 0.5) is 0 Å². The Balaban J connectivity index is 2.91. The molecule has 0 aromatic heterocycles. The van der Waals surface area contributed by atoms with E-state index in [4.69, 9.17) is 21.0 Å². The molecule has 18 heavy (non-hydrogen) atoms. The molecular weight excluding hydrogens is 304 g/mol. The smallest absolute Gasteiger partial charge is 0.265 e. The minimum Gasteiger partial charge on any atom is -0.265 e. The van der Waals surface area contributed by atoms with Crippen molar-refractivity contribution in [1.82, 2.24) is 0 Å². The zero-order valence-corrected chi connectivity index (χ0v) is 11.7. The molecule has 1 aromatic rings. The molecule has 0 saturated heterocycles. The van der Waals surface area contributed by atoms with E-state index in [0.29, 0.717) is 10.5 Å². The molecule has 0 spiro atoms. The monoisotopic (exact) mass is 314 g/mol. The fraction of sp³-hybridized carbons (Fsp3) is 0.333. The largest absolute Gasteiger partial charge is 0.297 e. The molecule has 1 rings (SSSR count). The number of benzene rings is 1. The number of alkyl halides is 1. The summed E-state index contributed by atoms with van der Waals surface area (Å²) in [6.07, 6.45) is 0. The number of hydrogen-bond acceptors (Lipinski definition) is 7. The van der Waals surface area contributed by atoms with Crippen LogP contribution in [0.15, 0.2) is 28.0 Å². The third-order valence-corrected chi connectivity index (χ3v) is 4.10. The first-order valence-corrected chi connectivity index (χ1v) is 7.40. The summed E-state index contributed by atoms with van der Waals surface area (Å²) in [6.45, 7) is 1.53. The summed E-state index contributed by atoms with van der Waals surface area (Å²) in [5.74, 6) is 0.0912. The van der Waals surface area contributed by atoms with E-state index in [2.05, 4.69) is 9.37 Å². The van der Waals surface area contributed by atoms with Crippen molar-refractivity contribution in [2.24, 2.45) is 0 Å². The first-order chi connectivity index (χ1) is 8.51. The van der Waals surface area contributed by atoms with Gasteiger partial charge in [0, 0.05) is 10.8 Å². The maximum atomic E-state index is 11.8. The Labute approximate surface area is 114 Å². The summed E-state index contributed by atoms with van der Waals surface area (Å²) >= 11 is 6.11. The average molecular weight is 315 g/mol. The molecule has 1 aromatic carbocycles. The molecule has 0 fully saturated rings. The normalized spacial score (nSPS) is 11.7. The molecule has 0 atom stereocenters. The van der Waals surface area contributed by atoms with Crippen LogP contribution in [0.25, 0.3) is 0 Å². The van der Waals surface area contributed by atoms with E-state index in [1.54, 1.807) is 13.0 Å². The van der Waals surface area contributed by atoms with Crippen molar-refractivity contribution in [3.8, 4) is 0 Å². The molecule has 1 N–H and O–H groups in total. The predicted molar refractivity (Wildman–Crippen MR) is 65.7 cm³/mol. The van der Waals surface area contributed by atoms with E-state index < -0.39 is 10.1 Å². The van der Waals surface area contributed by atoms with Crippen LogP contribution < -0.4 is 0 Å². The first-order valence-electron chi connectivity index (χ1n) is 4.72. The summed E-state index contributed by atoms with van der Waals surface area (Å²) < 4.78 is 32.5. The summed E-state index contributed by atoms with van der Waals surface area (Å²) in [6, 6.07) is 4.43. The van der Waals surface area contributed by atoms with Gasteiger partial charge in [-0.25, -0.2) is 5.26 Å². The average Bonchev–Trinajstić information content (AvgIpc) is 2.33. The molecule has 0 aliphatic heterocycles. The van der Waals surface area contributed by atoms with E-state index in [1.807, 2.05) is 0 Å². The van der Waals surface area contributed by atoms with Crippen LogP contribution in [-0.2, 0) is 23.7 Å². The van der Waals surface area contributed by atoms with Gasteiger partial charge in [0.25, 0.3) is 10.1 Å². The van der Waals surface area contributed by atoms with Crippen LogP contribution in [-0.4, -0.2) is 26.2 Å². The van der Waals surface area contributed by atoms with Gasteiger partial charge in [0.1, 0.15) is 0 Å². The third-order valence-electron chi connectivity index (χ3n) is 1.89. The van der Waals surface area contributed by atoms with Crippen LogP contribution in [0.3, 0.4) is 0 Å². The number of hydrogen-bond donors (Lipinski definition) is 1. The van der Waals surface area contributed by atoms with Crippen molar-refractivity contribution in [2.45, 2.75) is 16.7 Å². The minimum atomic E-state index is -3.81. The van der Waals surface area contributed by atoms with Gasteiger partial charge in [-0.3, -0.25) is 4.18 Å². The van der Waals surface area contributed by atoms with Crippen LogP contribution >= 0.6 is 23.6 Å². The lowest BCUT2D eigenvalue weighted by atomic mass is 10.2. The van der Waals surface area contributed by atoms with E-state index in [1.165, 1.54) is 12.1 Å². The molecule has 6 nitrogen and oxygen atoms in total. The van der Waals surface area contributed by atoms with E-state index in [0.717, 1.165) is 12.0 Å². The zero-order valence-electron chi connectivity index (χ0n) is 9.33. The number of aryl methyl sites for hydroxylation is 1. The second-order valence-corrected chi connectivity index (χ2v) is 5.85. The van der Waals surface area contributed by atoms with Gasteiger partial charge < -0.3 is 0 Å². The maximum absolute atomic E-state index is 11.8. The Bertz CT molecular complexity index is 490. The topological polar surface area (TPSA) is 82.1 Å². The Morgan fingerprint density at radius 1 is 1.44 bits per heavy atom. The quantitative estimate of drug-likeness (QED) is 0.272. The van der Waals surface area contributed by atoms with Gasteiger partial charge in [-0.15, -0.1) is 15.9 Å². The lowest BCUT2D eigenvalue weighted by Gasteiger charge is -2.08. The highest BCUT2D eigenvalue weighted by atomic mass is 35.5. The fourth-order valence-electron chi connectivity index (χ4n) is 1.21. The molecule has 0 amide bonds. The van der Waals surface area contributed by atoms with Gasteiger partial charge in [-0.05, 0) is 30.7 Å². The zero-order chi connectivity index (χ0) is 13.6. The highest BCUT2D eigenvalue weighted by Gasteiger charge is 2.18. The minimum absolute atomic E-state index is 0.0573. The Morgan fingerprint density at radius 3 is 2.72 bits per heavy atom. The van der Waals surface area contributed by atoms with Crippen molar-refractivity contribution in [2.75, 3.05) is 12.5 Å². The molecule has 0 aliphatic rings. The van der Waals surface area contributed by atoms with E-state index in [-0.39, 0.29) is 17.4 Å². The Morgan fingerprint density at radius 2 is 2.17 bits per heavy atom. The molecule has 9 heteroatoms. The van der Waals surface area contributed by atoms with Gasteiger partial charge >= 0.3 is 0 Å². The van der Waals surface area contributed by atoms with E-state index in [9.17, 15) is 8.42 Å². The molecule has 0 bridgehead atoms. The highest BCUT2D eigenvalue weighted by molar-refractivity contribution is 7.94.